The maximum atomic E-state index is 13.0. The van der Waals surface area contributed by atoms with Crippen LogP contribution < -0.4 is 5.32 Å². The summed E-state index contributed by atoms with van der Waals surface area (Å²) in [5.74, 6) is 0.630. The summed E-state index contributed by atoms with van der Waals surface area (Å²) in [6, 6.07) is 4.53. The van der Waals surface area contributed by atoms with Crippen LogP contribution in [-0.4, -0.2) is 7.05 Å². The topological polar surface area (TPSA) is 12.0 Å². The minimum Gasteiger partial charge on any atom is -0.313 e. The normalized spacial score (nSPS) is 18.4. The second kappa shape index (κ2) is 6.48. The highest BCUT2D eigenvalue weighted by atomic mass is 79.9. The molecule has 1 aromatic rings. The lowest BCUT2D eigenvalue weighted by atomic mass is 9.93. The van der Waals surface area contributed by atoms with E-state index in [2.05, 4.69) is 21.2 Å². The van der Waals surface area contributed by atoms with E-state index >= 15 is 0 Å². The van der Waals surface area contributed by atoms with Crippen molar-refractivity contribution in [3.63, 3.8) is 0 Å². The van der Waals surface area contributed by atoms with Crippen LogP contribution in [0.2, 0.25) is 0 Å². The Morgan fingerprint density at radius 3 is 2.50 bits per heavy atom. The van der Waals surface area contributed by atoms with Gasteiger partial charge in [-0.25, -0.2) is 0 Å². The Bertz CT molecular complexity index is 453. The Balaban J connectivity index is 2.21. The van der Waals surface area contributed by atoms with E-state index in [4.69, 9.17) is 0 Å². The second-order valence-electron chi connectivity index (χ2n) is 5.46. The predicted octanol–water partition coefficient (Wildman–Crippen LogP) is 5.31. The molecule has 1 aromatic carbocycles. The third kappa shape index (κ3) is 3.76. The summed E-state index contributed by atoms with van der Waals surface area (Å²) >= 11 is 2.99. The van der Waals surface area contributed by atoms with Crippen LogP contribution in [0.15, 0.2) is 22.7 Å². The summed E-state index contributed by atoms with van der Waals surface area (Å²) in [4.78, 5) is 0. The van der Waals surface area contributed by atoms with Crippen LogP contribution in [-0.2, 0) is 6.18 Å². The van der Waals surface area contributed by atoms with Gasteiger partial charge in [0.05, 0.1) is 5.56 Å². The molecule has 1 nitrogen and oxygen atoms in total. The number of benzene rings is 1. The van der Waals surface area contributed by atoms with E-state index in [1.54, 1.807) is 6.07 Å². The zero-order valence-electron chi connectivity index (χ0n) is 11.4. The smallest absolute Gasteiger partial charge is 0.313 e. The molecule has 0 heterocycles. The largest absolute Gasteiger partial charge is 0.417 e. The highest BCUT2D eigenvalue weighted by Crippen LogP contribution is 2.38. The number of hydrogen-bond donors (Lipinski definition) is 1. The number of rotatable bonds is 4. The molecule has 0 aromatic heterocycles. The molecule has 1 N–H and O–H groups in total. The summed E-state index contributed by atoms with van der Waals surface area (Å²) in [5, 5.41) is 3.16. The Morgan fingerprint density at radius 1 is 1.30 bits per heavy atom. The number of alkyl halides is 3. The molecule has 1 atom stereocenters. The third-order valence-corrected chi connectivity index (χ3v) is 4.78. The lowest BCUT2D eigenvalue weighted by molar-refractivity contribution is -0.138. The van der Waals surface area contributed by atoms with E-state index in [9.17, 15) is 13.2 Å². The minimum absolute atomic E-state index is 0.00713. The summed E-state index contributed by atoms with van der Waals surface area (Å²) in [6.07, 6.45) is 1.47. The van der Waals surface area contributed by atoms with Gasteiger partial charge in [-0.3, -0.25) is 0 Å². The van der Waals surface area contributed by atoms with Crippen LogP contribution in [0.1, 0.15) is 49.3 Å². The average Bonchev–Trinajstić information content (AvgIpc) is 2.88. The molecule has 1 unspecified atom stereocenters. The van der Waals surface area contributed by atoms with Crippen molar-refractivity contribution in [2.24, 2.45) is 5.92 Å². The highest BCUT2D eigenvalue weighted by Gasteiger charge is 2.33. The molecule has 0 amide bonds. The SMILES string of the molecule is CNC(CC1CCCC1)c1ccc(Br)c(C(F)(F)F)c1. The fourth-order valence-electron chi connectivity index (χ4n) is 2.98. The van der Waals surface area contributed by atoms with Crippen LogP contribution in [0, 0.1) is 5.92 Å². The van der Waals surface area contributed by atoms with Gasteiger partial charge in [0.2, 0.25) is 0 Å². The zero-order chi connectivity index (χ0) is 14.8. The molecule has 2 rings (SSSR count). The second-order valence-corrected chi connectivity index (χ2v) is 6.32. The number of halogens is 4. The fraction of sp³-hybridized carbons (Fsp3) is 0.600. The highest BCUT2D eigenvalue weighted by molar-refractivity contribution is 9.10. The van der Waals surface area contributed by atoms with Gasteiger partial charge >= 0.3 is 6.18 Å². The third-order valence-electron chi connectivity index (χ3n) is 4.09. The number of hydrogen-bond acceptors (Lipinski definition) is 1. The van der Waals surface area contributed by atoms with Gasteiger partial charge in [-0.1, -0.05) is 47.7 Å². The summed E-state index contributed by atoms with van der Waals surface area (Å²) in [6.45, 7) is 0. The van der Waals surface area contributed by atoms with Gasteiger partial charge in [-0.2, -0.15) is 13.2 Å². The first kappa shape index (κ1) is 15.8. The van der Waals surface area contributed by atoms with E-state index in [0.717, 1.165) is 12.0 Å². The zero-order valence-corrected chi connectivity index (χ0v) is 13.0. The predicted molar refractivity (Wildman–Crippen MR) is 77.5 cm³/mol. The first-order valence-electron chi connectivity index (χ1n) is 6.95. The molecule has 5 heteroatoms. The van der Waals surface area contributed by atoms with Gasteiger partial charge in [-0.15, -0.1) is 0 Å². The van der Waals surface area contributed by atoms with Crippen molar-refractivity contribution in [1.29, 1.82) is 0 Å². The van der Waals surface area contributed by atoms with Gasteiger partial charge in [0.15, 0.2) is 0 Å². The molecular formula is C15H19BrF3N. The standard InChI is InChI=1S/C15H19BrF3N/c1-20-14(8-10-4-2-3-5-10)11-6-7-13(16)12(9-11)15(17,18)19/h6-7,9-10,14,20H,2-5,8H2,1H3. The van der Waals surface area contributed by atoms with Crippen LogP contribution >= 0.6 is 15.9 Å². The van der Waals surface area contributed by atoms with Gasteiger partial charge in [0.25, 0.3) is 0 Å². The molecule has 0 bridgehead atoms. The first-order chi connectivity index (χ1) is 9.41. The van der Waals surface area contributed by atoms with Crippen LogP contribution in [0.25, 0.3) is 0 Å². The Morgan fingerprint density at radius 2 is 1.95 bits per heavy atom. The molecule has 0 aliphatic heterocycles. The summed E-state index contributed by atoms with van der Waals surface area (Å²) < 4.78 is 39.0. The average molecular weight is 350 g/mol. The van der Waals surface area contributed by atoms with Crippen molar-refractivity contribution < 1.29 is 13.2 Å². The van der Waals surface area contributed by atoms with Crippen molar-refractivity contribution >= 4 is 15.9 Å². The van der Waals surface area contributed by atoms with E-state index < -0.39 is 11.7 Å². The fourth-order valence-corrected chi connectivity index (χ4v) is 3.45. The molecule has 0 saturated heterocycles. The van der Waals surface area contributed by atoms with Gasteiger partial charge < -0.3 is 5.32 Å². The molecule has 0 radical (unpaired) electrons. The van der Waals surface area contributed by atoms with E-state index in [-0.39, 0.29) is 10.5 Å². The van der Waals surface area contributed by atoms with Gasteiger partial charge in [0, 0.05) is 10.5 Å². The van der Waals surface area contributed by atoms with E-state index in [1.165, 1.54) is 37.8 Å². The quantitative estimate of drug-likeness (QED) is 0.776. The van der Waals surface area contributed by atoms with Crippen LogP contribution in [0.3, 0.4) is 0 Å². The lowest BCUT2D eigenvalue weighted by Crippen LogP contribution is -2.20. The van der Waals surface area contributed by atoms with Crippen LogP contribution in [0.5, 0.6) is 0 Å². The Kier molecular flexibility index (Phi) is 5.13. The summed E-state index contributed by atoms with van der Waals surface area (Å²) in [5.41, 5.74) is 0.122. The maximum absolute atomic E-state index is 13.0. The lowest BCUT2D eigenvalue weighted by Gasteiger charge is -2.22. The number of nitrogens with one attached hydrogen (secondary N) is 1. The molecule has 1 saturated carbocycles. The van der Waals surface area contributed by atoms with E-state index in [0.29, 0.717) is 5.92 Å². The molecular weight excluding hydrogens is 331 g/mol. The summed E-state index contributed by atoms with van der Waals surface area (Å²) in [7, 11) is 1.81. The molecule has 112 valence electrons. The molecule has 0 spiro atoms. The van der Waals surface area contributed by atoms with Gasteiger partial charge in [-0.05, 0) is 37.1 Å². The maximum Gasteiger partial charge on any atom is 0.417 e. The van der Waals surface area contributed by atoms with Crippen molar-refractivity contribution in [2.75, 3.05) is 7.05 Å². The van der Waals surface area contributed by atoms with Crippen molar-refractivity contribution in [1.82, 2.24) is 5.32 Å². The minimum atomic E-state index is -4.32. The van der Waals surface area contributed by atoms with Crippen molar-refractivity contribution in [3.8, 4) is 0 Å². The molecule has 1 fully saturated rings. The molecule has 1 aliphatic carbocycles. The van der Waals surface area contributed by atoms with E-state index in [1.807, 2.05) is 7.05 Å². The van der Waals surface area contributed by atoms with Gasteiger partial charge in [0.1, 0.15) is 0 Å². The molecule has 1 aliphatic rings. The molecule has 20 heavy (non-hydrogen) atoms. The van der Waals surface area contributed by atoms with Crippen molar-refractivity contribution in [3.05, 3.63) is 33.8 Å². The first-order valence-corrected chi connectivity index (χ1v) is 7.75. The van der Waals surface area contributed by atoms with Crippen molar-refractivity contribution in [2.45, 2.75) is 44.3 Å². The Hall–Kier alpha value is -0.550. The monoisotopic (exact) mass is 349 g/mol. The Labute approximate surface area is 126 Å². The van der Waals surface area contributed by atoms with Crippen LogP contribution in [0.4, 0.5) is 13.2 Å².